The zero-order valence-corrected chi connectivity index (χ0v) is 14.1. The summed E-state index contributed by atoms with van der Waals surface area (Å²) >= 11 is 0. The SMILES string of the molecule is C=CCC(CO)N(C(C)C)S(=O)(=O)c1ccc([C@H](C)O)cc1. The molecule has 0 amide bonds. The molecule has 0 radical (unpaired) electrons. The Morgan fingerprint density at radius 3 is 2.14 bits per heavy atom. The molecule has 5 nitrogen and oxygen atoms in total. The Morgan fingerprint density at radius 1 is 1.23 bits per heavy atom. The maximum absolute atomic E-state index is 12.8. The summed E-state index contributed by atoms with van der Waals surface area (Å²) in [7, 11) is -3.73. The Labute approximate surface area is 133 Å². The Bertz CT molecular complexity index is 579. The van der Waals surface area contributed by atoms with Gasteiger partial charge < -0.3 is 10.2 Å². The molecular weight excluding hydrogens is 302 g/mol. The standard InChI is InChI=1S/C16H25NO4S/c1-5-6-15(11-18)17(12(2)3)22(20,21)16-9-7-14(8-10-16)13(4)19/h5,7-10,12-13,15,18-19H,1,6,11H2,2-4H3/t13-,15?/m0/s1. The Hall–Kier alpha value is -1.21. The van der Waals surface area contributed by atoms with E-state index >= 15 is 0 Å². The van der Waals surface area contributed by atoms with E-state index in [-0.39, 0.29) is 17.5 Å². The summed E-state index contributed by atoms with van der Waals surface area (Å²) in [5.74, 6) is 0. The van der Waals surface area contributed by atoms with Crippen LogP contribution in [0.2, 0.25) is 0 Å². The van der Waals surface area contributed by atoms with E-state index in [0.29, 0.717) is 12.0 Å². The topological polar surface area (TPSA) is 77.8 Å². The molecule has 124 valence electrons. The Morgan fingerprint density at radius 2 is 1.77 bits per heavy atom. The quantitative estimate of drug-likeness (QED) is 0.717. The highest BCUT2D eigenvalue weighted by molar-refractivity contribution is 7.89. The molecule has 1 unspecified atom stereocenters. The van der Waals surface area contributed by atoms with Crippen LogP contribution in [0.5, 0.6) is 0 Å². The van der Waals surface area contributed by atoms with Crippen molar-refractivity contribution in [3.63, 3.8) is 0 Å². The molecule has 0 spiro atoms. The zero-order valence-electron chi connectivity index (χ0n) is 13.3. The van der Waals surface area contributed by atoms with Crippen molar-refractivity contribution in [1.82, 2.24) is 4.31 Å². The number of aliphatic hydroxyl groups excluding tert-OH is 2. The fourth-order valence-corrected chi connectivity index (χ4v) is 4.21. The van der Waals surface area contributed by atoms with E-state index in [1.54, 1.807) is 39.0 Å². The molecule has 6 heteroatoms. The minimum atomic E-state index is -3.73. The van der Waals surface area contributed by atoms with Gasteiger partial charge in [-0.25, -0.2) is 8.42 Å². The number of sulfonamides is 1. The van der Waals surface area contributed by atoms with Crippen molar-refractivity contribution in [2.24, 2.45) is 0 Å². The first-order valence-corrected chi connectivity index (χ1v) is 8.73. The van der Waals surface area contributed by atoms with Gasteiger partial charge >= 0.3 is 0 Å². The molecule has 2 N–H and O–H groups in total. The first-order valence-electron chi connectivity index (χ1n) is 7.29. The van der Waals surface area contributed by atoms with Crippen molar-refractivity contribution in [2.75, 3.05) is 6.61 Å². The molecule has 1 rings (SSSR count). The fourth-order valence-electron chi connectivity index (χ4n) is 2.39. The molecule has 0 aliphatic carbocycles. The largest absolute Gasteiger partial charge is 0.395 e. The van der Waals surface area contributed by atoms with Gasteiger partial charge in [0.15, 0.2) is 0 Å². The minimum Gasteiger partial charge on any atom is -0.395 e. The summed E-state index contributed by atoms with van der Waals surface area (Å²) in [6, 6.07) is 5.32. The van der Waals surface area contributed by atoms with Crippen LogP contribution in [0.25, 0.3) is 0 Å². The number of rotatable bonds is 8. The third kappa shape index (κ3) is 4.16. The average molecular weight is 327 g/mol. The number of aliphatic hydroxyl groups is 2. The van der Waals surface area contributed by atoms with Crippen LogP contribution in [-0.4, -0.2) is 41.6 Å². The Balaban J connectivity index is 3.24. The van der Waals surface area contributed by atoms with Crippen LogP contribution in [-0.2, 0) is 10.0 Å². The highest BCUT2D eigenvalue weighted by atomic mass is 32.2. The monoisotopic (exact) mass is 327 g/mol. The van der Waals surface area contributed by atoms with Crippen LogP contribution >= 0.6 is 0 Å². The van der Waals surface area contributed by atoms with Crippen LogP contribution in [0, 0.1) is 0 Å². The lowest BCUT2D eigenvalue weighted by atomic mass is 10.1. The summed E-state index contributed by atoms with van der Waals surface area (Å²) in [4.78, 5) is 0.146. The molecule has 2 atom stereocenters. The smallest absolute Gasteiger partial charge is 0.243 e. The van der Waals surface area contributed by atoms with E-state index in [0.717, 1.165) is 0 Å². The van der Waals surface area contributed by atoms with Gasteiger partial charge in [-0.1, -0.05) is 18.2 Å². The van der Waals surface area contributed by atoms with Crippen molar-refractivity contribution in [3.8, 4) is 0 Å². The van der Waals surface area contributed by atoms with Gasteiger partial charge in [0.25, 0.3) is 0 Å². The normalized spacial score (nSPS) is 15.0. The van der Waals surface area contributed by atoms with Crippen molar-refractivity contribution < 1.29 is 18.6 Å². The van der Waals surface area contributed by atoms with Crippen LogP contribution in [0.15, 0.2) is 41.8 Å². The van der Waals surface area contributed by atoms with Crippen LogP contribution in [0.3, 0.4) is 0 Å². The molecule has 0 aromatic heterocycles. The average Bonchev–Trinajstić information content (AvgIpc) is 2.46. The predicted octanol–water partition coefficient (Wildman–Crippen LogP) is 2.08. The van der Waals surface area contributed by atoms with Crippen molar-refractivity contribution in [3.05, 3.63) is 42.5 Å². The predicted molar refractivity (Wildman–Crippen MR) is 86.9 cm³/mol. The number of hydrogen-bond donors (Lipinski definition) is 2. The summed E-state index contributed by atoms with van der Waals surface area (Å²) in [5.41, 5.74) is 0.653. The number of hydrogen-bond acceptors (Lipinski definition) is 4. The van der Waals surface area contributed by atoms with Gasteiger partial charge in [-0.05, 0) is 44.9 Å². The van der Waals surface area contributed by atoms with Crippen molar-refractivity contribution in [1.29, 1.82) is 0 Å². The summed E-state index contributed by atoms with van der Waals surface area (Å²) < 4.78 is 27.0. The lowest BCUT2D eigenvalue weighted by Crippen LogP contribution is -2.46. The van der Waals surface area contributed by atoms with Crippen LogP contribution in [0.4, 0.5) is 0 Å². The molecule has 1 aromatic carbocycles. The first-order chi connectivity index (χ1) is 10.3. The van der Waals surface area contributed by atoms with Gasteiger partial charge in [0.05, 0.1) is 23.6 Å². The van der Waals surface area contributed by atoms with Gasteiger partial charge in [-0.3, -0.25) is 0 Å². The molecular formula is C16H25NO4S. The van der Waals surface area contributed by atoms with Gasteiger partial charge in [-0.15, -0.1) is 6.58 Å². The second kappa shape index (κ2) is 7.87. The molecule has 0 aliphatic heterocycles. The van der Waals surface area contributed by atoms with Crippen molar-refractivity contribution in [2.45, 2.75) is 50.3 Å². The molecule has 0 saturated carbocycles. The van der Waals surface area contributed by atoms with Gasteiger partial charge in [-0.2, -0.15) is 4.31 Å². The van der Waals surface area contributed by atoms with E-state index in [1.165, 1.54) is 16.4 Å². The van der Waals surface area contributed by atoms with E-state index in [9.17, 15) is 18.6 Å². The van der Waals surface area contributed by atoms with E-state index in [2.05, 4.69) is 6.58 Å². The van der Waals surface area contributed by atoms with Crippen molar-refractivity contribution >= 4 is 10.0 Å². The van der Waals surface area contributed by atoms with Gasteiger partial charge in [0.1, 0.15) is 0 Å². The van der Waals surface area contributed by atoms with E-state index < -0.39 is 22.2 Å². The Kier molecular flexibility index (Phi) is 6.74. The lowest BCUT2D eigenvalue weighted by molar-refractivity contribution is 0.169. The van der Waals surface area contributed by atoms with Gasteiger partial charge in [0.2, 0.25) is 10.0 Å². The molecule has 1 aromatic rings. The molecule has 0 aliphatic rings. The van der Waals surface area contributed by atoms with Crippen LogP contribution < -0.4 is 0 Å². The third-order valence-electron chi connectivity index (χ3n) is 3.46. The second-order valence-electron chi connectivity index (χ2n) is 5.53. The molecule has 0 fully saturated rings. The maximum atomic E-state index is 12.8. The zero-order chi connectivity index (χ0) is 16.9. The fraction of sp³-hybridized carbons (Fsp3) is 0.500. The van der Waals surface area contributed by atoms with E-state index in [1.807, 2.05) is 0 Å². The second-order valence-corrected chi connectivity index (χ2v) is 7.38. The summed E-state index contributed by atoms with van der Waals surface area (Å²) in [6.45, 7) is 8.51. The molecule has 0 heterocycles. The highest BCUT2D eigenvalue weighted by Gasteiger charge is 2.32. The highest BCUT2D eigenvalue weighted by Crippen LogP contribution is 2.24. The number of benzene rings is 1. The van der Waals surface area contributed by atoms with Gasteiger partial charge in [0, 0.05) is 6.04 Å². The van der Waals surface area contributed by atoms with E-state index in [4.69, 9.17) is 0 Å². The lowest BCUT2D eigenvalue weighted by Gasteiger charge is -2.32. The van der Waals surface area contributed by atoms with Crippen LogP contribution in [0.1, 0.15) is 38.9 Å². The molecule has 22 heavy (non-hydrogen) atoms. The third-order valence-corrected chi connectivity index (χ3v) is 5.60. The maximum Gasteiger partial charge on any atom is 0.243 e. The number of nitrogens with zero attached hydrogens (tertiary/aromatic N) is 1. The summed E-state index contributed by atoms with van der Waals surface area (Å²) in [5, 5.41) is 19.0. The minimum absolute atomic E-state index is 0.146. The first kappa shape index (κ1) is 18.8. The summed E-state index contributed by atoms with van der Waals surface area (Å²) in [6.07, 6.45) is 1.33. The molecule has 0 bridgehead atoms. The molecule has 0 saturated heterocycles.